The van der Waals surface area contributed by atoms with Gasteiger partial charge in [-0.15, -0.1) is 6.58 Å². The van der Waals surface area contributed by atoms with E-state index in [2.05, 4.69) is 67.2 Å². The average Bonchev–Trinajstić information content (AvgIpc) is 2.58. The van der Waals surface area contributed by atoms with Crippen LogP contribution in [0.25, 0.3) is 0 Å². The predicted octanol–water partition coefficient (Wildman–Crippen LogP) is 3.70. The molecule has 0 spiro atoms. The Morgan fingerprint density at radius 1 is 0.762 bits per heavy atom. The summed E-state index contributed by atoms with van der Waals surface area (Å²) in [5.41, 5.74) is 0. The van der Waals surface area contributed by atoms with Crippen LogP contribution in [0.15, 0.2) is 72.4 Å². The Hall–Kier alpha value is -1.60. The van der Waals surface area contributed by atoms with E-state index in [1.165, 1.54) is 42.5 Å². The Bertz CT molecular complexity index is 528. The molecule has 1 aliphatic rings. The fourth-order valence-electron chi connectivity index (χ4n) is 3.62. The van der Waals surface area contributed by atoms with Crippen molar-refractivity contribution in [1.29, 1.82) is 0 Å². The lowest BCUT2D eigenvalue weighted by atomic mass is 9.89. The molecule has 0 N–H and O–H groups in total. The van der Waals surface area contributed by atoms with E-state index >= 15 is 0 Å². The predicted molar refractivity (Wildman–Crippen MR) is 95.0 cm³/mol. The summed E-state index contributed by atoms with van der Waals surface area (Å²) in [6.45, 7) is 4.59. The summed E-state index contributed by atoms with van der Waals surface area (Å²) in [7, 11) is -1.31. The first kappa shape index (κ1) is 14.3. The minimum atomic E-state index is -1.31. The summed E-state index contributed by atoms with van der Waals surface area (Å²) < 4.78 is 0. The first-order valence-corrected chi connectivity index (χ1v) is 9.88. The highest BCUT2D eigenvalue weighted by Crippen LogP contribution is 2.30. The number of hydrogen-bond donors (Lipinski definition) is 0. The molecule has 0 aliphatic heterocycles. The zero-order valence-electron chi connectivity index (χ0n) is 12.7. The van der Waals surface area contributed by atoms with Crippen LogP contribution in [0.2, 0.25) is 0 Å². The molecule has 0 bridgehead atoms. The monoisotopic (exact) mass is 292 g/mol. The molecule has 21 heavy (non-hydrogen) atoms. The van der Waals surface area contributed by atoms with Gasteiger partial charge in [-0.1, -0.05) is 95.5 Å². The Morgan fingerprint density at radius 2 is 1.24 bits per heavy atom. The minimum Gasteiger partial charge on any atom is -0.103 e. The van der Waals surface area contributed by atoms with Crippen LogP contribution in [0, 0.1) is 5.92 Å². The molecule has 0 saturated heterocycles. The smallest absolute Gasteiger partial charge is 0.103 e. The van der Waals surface area contributed by atoms with Crippen molar-refractivity contribution >= 4 is 19.2 Å². The molecule has 1 heteroatoms. The molecule has 0 unspecified atom stereocenters. The van der Waals surface area contributed by atoms with Crippen LogP contribution in [0.3, 0.4) is 0 Å². The van der Waals surface area contributed by atoms with Gasteiger partial charge in [-0.25, -0.2) is 0 Å². The average molecular weight is 292 g/mol. The van der Waals surface area contributed by atoms with Crippen LogP contribution < -0.4 is 10.4 Å². The maximum Gasteiger partial charge on any atom is 0.128 e. The standard InChI is InChI=1S/C20H24Si/c1-17(18-11-5-2-6-12-18)21(19-13-7-3-8-14-19)20-15-9-4-10-16-20/h3-4,7-10,13-16,18,21H,1-2,5-6,11-12H2. The molecule has 3 rings (SSSR count). The van der Waals surface area contributed by atoms with Crippen LogP contribution >= 0.6 is 0 Å². The van der Waals surface area contributed by atoms with Crippen molar-refractivity contribution in [3.63, 3.8) is 0 Å². The van der Waals surface area contributed by atoms with Crippen molar-refractivity contribution in [3.05, 3.63) is 72.4 Å². The molecule has 0 nitrogen and oxygen atoms in total. The number of rotatable bonds is 4. The van der Waals surface area contributed by atoms with Gasteiger partial charge in [-0.05, 0) is 18.8 Å². The van der Waals surface area contributed by atoms with E-state index < -0.39 is 8.80 Å². The van der Waals surface area contributed by atoms with E-state index in [4.69, 9.17) is 0 Å². The normalized spacial score (nSPS) is 16.0. The zero-order valence-corrected chi connectivity index (χ0v) is 13.8. The Labute approximate surface area is 130 Å². The molecule has 1 saturated carbocycles. The van der Waals surface area contributed by atoms with Crippen molar-refractivity contribution in [2.75, 3.05) is 0 Å². The SMILES string of the molecule is C=C(C1CCCCC1)[SiH](c1ccccc1)c1ccccc1. The van der Waals surface area contributed by atoms with Gasteiger partial charge in [-0.3, -0.25) is 0 Å². The van der Waals surface area contributed by atoms with Crippen LogP contribution in [-0.2, 0) is 0 Å². The molecule has 0 heterocycles. The molecular formula is C20H24Si. The van der Waals surface area contributed by atoms with Crippen molar-refractivity contribution in [2.45, 2.75) is 32.1 Å². The van der Waals surface area contributed by atoms with E-state index in [9.17, 15) is 0 Å². The van der Waals surface area contributed by atoms with Crippen LogP contribution in [0.5, 0.6) is 0 Å². The molecule has 1 aliphatic carbocycles. The molecule has 0 atom stereocenters. The second-order valence-electron chi connectivity index (χ2n) is 6.16. The number of benzene rings is 2. The Morgan fingerprint density at radius 3 is 1.71 bits per heavy atom. The fourth-order valence-corrected chi connectivity index (χ4v) is 6.88. The van der Waals surface area contributed by atoms with Gasteiger partial charge >= 0.3 is 0 Å². The highest BCUT2D eigenvalue weighted by Gasteiger charge is 2.26. The lowest BCUT2D eigenvalue weighted by molar-refractivity contribution is 0.413. The van der Waals surface area contributed by atoms with Gasteiger partial charge in [0.05, 0.1) is 0 Å². The van der Waals surface area contributed by atoms with E-state index in [1.807, 2.05) is 0 Å². The first-order valence-electron chi connectivity index (χ1n) is 8.15. The Kier molecular flexibility index (Phi) is 4.71. The molecule has 2 aromatic rings. The van der Waals surface area contributed by atoms with E-state index in [0.717, 1.165) is 5.92 Å². The maximum absolute atomic E-state index is 4.59. The molecule has 0 radical (unpaired) electrons. The fraction of sp³-hybridized carbons (Fsp3) is 0.300. The van der Waals surface area contributed by atoms with Gasteiger partial charge in [0, 0.05) is 0 Å². The third-order valence-electron chi connectivity index (χ3n) is 4.77. The maximum atomic E-state index is 4.59. The Balaban J connectivity index is 1.94. The number of hydrogen-bond acceptors (Lipinski definition) is 0. The molecule has 1 fully saturated rings. The summed E-state index contributed by atoms with van der Waals surface area (Å²) in [4.78, 5) is 0. The summed E-state index contributed by atoms with van der Waals surface area (Å²) in [6, 6.07) is 22.1. The molecule has 0 amide bonds. The van der Waals surface area contributed by atoms with Gasteiger partial charge in [0.2, 0.25) is 0 Å². The lowest BCUT2D eigenvalue weighted by Gasteiger charge is -2.29. The molecule has 2 aromatic carbocycles. The quantitative estimate of drug-likeness (QED) is 0.754. The highest BCUT2D eigenvalue weighted by molar-refractivity contribution is 6.90. The van der Waals surface area contributed by atoms with Gasteiger partial charge in [0.15, 0.2) is 0 Å². The second kappa shape index (κ2) is 6.90. The van der Waals surface area contributed by atoms with Gasteiger partial charge < -0.3 is 0 Å². The summed E-state index contributed by atoms with van der Waals surface area (Å²) in [6.07, 6.45) is 6.87. The van der Waals surface area contributed by atoms with E-state index in [-0.39, 0.29) is 0 Å². The van der Waals surface area contributed by atoms with Crippen molar-refractivity contribution in [3.8, 4) is 0 Å². The molecule has 0 aromatic heterocycles. The third-order valence-corrected chi connectivity index (χ3v) is 8.08. The lowest BCUT2D eigenvalue weighted by Crippen LogP contribution is -2.45. The van der Waals surface area contributed by atoms with Gasteiger partial charge in [-0.2, -0.15) is 0 Å². The van der Waals surface area contributed by atoms with Gasteiger partial charge in [0.1, 0.15) is 8.80 Å². The van der Waals surface area contributed by atoms with E-state index in [0.29, 0.717) is 0 Å². The van der Waals surface area contributed by atoms with Crippen LogP contribution in [-0.4, -0.2) is 8.80 Å². The largest absolute Gasteiger partial charge is 0.128 e. The summed E-state index contributed by atoms with van der Waals surface area (Å²) in [5, 5.41) is 4.57. The van der Waals surface area contributed by atoms with E-state index in [1.54, 1.807) is 5.20 Å². The number of allylic oxidation sites excluding steroid dienone is 1. The minimum absolute atomic E-state index is 0.746. The summed E-state index contributed by atoms with van der Waals surface area (Å²) in [5.74, 6) is 0.746. The van der Waals surface area contributed by atoms with Crippen molar-refractivity contribution < 1.29 is 0 Å². The highest BCUT2D eigenvalue weighted by atomic mass is 28.3. The molecule has 108 valence electrons. The van der Waals surface area contributed by atoms with Crippen LogP contribution in [0.4, 0.5) is 0 Å². The topological polar surface area (TPSA) is 0 Å². The first-order chi connectivity index (χ1) is 10.4. The summed E-state index contributed by atoms with van der Waals surface area (Å²) >= 11 is 0. The third kappa shape index (κ3) is 3.35. The van der Waals surface area contributed by atoms with Crippen molar-refractivity contribution in [1.82, 2.24) is 0 Å². The van der Waals surface area contributed by atoms with Crippen molar-refractivity contribution in [2.24, 2.45) is 5.92 Å². The molecular weight excluding hydrogens is 268 g/mol. The zero-order chi connectivity index (χ0) is 14.5. The van der Waals surface area contributed by atoms with Crippen LogP contribution in [0.1, 0.15) is 32.1 Å². The second-order valence-corrected chi connectivity index (χ2v) is 9.11. The van der Waals surface area contributed by atoms with Gasteiger partial charge in [0.25, 0.3) is 0 Å².